The van der Waals surface area contributed by atoms with E-state index in [4.69, 9.17) is 8.83 Å². The lowest BCUT2D eigenvalue weighted by Gasteiger charge is -2.34. The predicted molar refractivity (Wildman–Crippen MR) is 62.8 cm³/mol. The molecular formula is C12H15N3O3. The summed E-state index contributed by atoms with van der Waals surface area (Å²) in [5.74, 6) is 2.66. The maximum Gasteiger partial charge on any atom is 0.251 e. The molecule has 6 nitrogen and oxygen atoms in total. The van der Waals surface area contributed by atoms with Gasteiger partial charge in [-0.1, -0.05) is 0 Å². The number of furan rings is 1. The fourth-order valence-electron chi connectivity index (χ4n) is 2.13. The van der Waals surface area contributed by atoms with Gasteiger partial charge in [0.25, 0.3) is 5.89 Å². The first-order valence-corrected chi connectivity index (χ1v) is 5.92. The second-order valence-electron chi connectivity index (χ2n) is 4.68. The van der Waals surface area contributed by atoms with Gasteiger partial charge in [-0.3, -0.25) is 4.90 Å². The van der Waals surface area contributed by atoms with Crippen LogP contribution in [0.25, 0.3) is 11.5 Å². The number of β-amino-alcohol motifs (C(OH)–C–C–N with tert-alkyl or cyclic N) is 1. The van der Waals surface area contributed by atoms with Gasteiger partial charge in [0.1, 0.15) is 11.5 Å². The summed E-state index contributed by atoms with van der Waals surface area (Å²) in [5, 5.41) is 17.2. The van der Waals surface area contributed by atoms with Crippen LogP contribution in [0.5, 0.6) is 0 Å². The van der Waals surface area contributed by atoms with Crippen LogP contribution in [-0.4, -0.2) is 39.4 Å². The van der Waals surface area contributed by atoms with E-state index in [-0.39, 0.29) is 6.10 Å². The third-order valence-corrected chi connectivity index (χ3v) is 3.03. The van der Waals surface area contributed by atoms with Crippen LogP contribution in [0.3, 0.4) is 0 Å². The molecule has 0 atom stereocenters. The van der Waals surface area contributed by atoms with Crippen molar-refractivity contribution in [2.45, 2.75) is 26.5 Å². The summed E-state index contributed by atoms with van der Waals surface area (Å²) in [4.78, 5) is 2.05. The molecule has 0 radical (unpaired) electrons. The van der Waals surface area contributed by atoms with E-state index in [0.29, 0.717) is 31.4 Å². The summed E-state index contributed by atoms with van der Waals surface area (Å²) < 4.78 is 11.0. The van der Waals surface area contributed by atoms with Crippen LogP contribution >= 0.6 is 0 Å². The van der Waals surface area contributed by atoms with E-state index in [2.05, 4.69) is 15.1 Å². The molecule has 6 heteroatoms. The van der Waals surface area contributed by atoms with Crippen molar-refractivity contribution in [2.24, 2.45) is 0 Å². The smallest absolute Gasteiger partial charge is 0.251 e. The van der Waals surface area contributed by atoms with Crippen molar-refractivity contribution in [3.8, 4) is 11.5 Å². The van der Waals surface area contributed by atoms with E-state index >= 15 is 0 Å². The van der Waals surface area contributed by atoms with Crippen molar-refractivity contribution in [3.05, 3.63) is 23.5 Å². The van der Waals surface area contributed by atoms with E-state index in [1.165, 1.54) is 0 Å². The van der Waals surface area contributed by atoms with Gasteiger partial charge < -0.3 is 13.9 Å². The molecule has 3 rings (SSSR count). The number of nitrogens with zero attached hydrogens (tertiary/aromatic N) is 3. The van der Waals surface area contributed by atoms with Crippen LogP contribution in [-0.2, 0) is 6.54 Å². The van der Waals surface area contributed by atoms with Crippen LogP contribution in [0, 0.1) is 13.8 Å². The van der Waals surface area contributed by atoms with Crippen molar-refractivity contribution in [1.29, 1.82) is 0 Å². The number of aromatic nitrogens is 2. The molecule has 2 aromatic rings. The molecule has 0 spiro atoms. The molecule has 96 valence electrons. The number of likely N-dealkylation sites (tertiary alicyclic amines) is 1. The van der Waals surface area contributed by atoms with Crippen molar-refractivity contribution in [2.75, 3.05) is 13.1 Å². The van der Waals surface area contributed by atoms with Crippen molar-refractivity contribution in [1.82, 2.24) is 15.1 Å². The highest BCUT2D eigenvalue weighted by molar-refractivity contribution is 5.55. The Morgan fingerprint density at radius 2 is 2.11 bits per heavy atom. The molecule has 1 N–H and O–H groups in total. The van der Waals surface area contributed by atoms with Crippen molar-refractivity contribution in [3.63, 3.8) is 0 Å². The summed E-state index contributed by atoms with van der Waals surface area (Å²) in [6.45, 7) is 5.68. The van der Waals surface area contributed by atoms with E-state index in [9.17, 15) is 5.11 Å². The molecule has 0 unspecified atom stereocenters. The van der Waals surface area contributed by atoms with Gasteiger partial charge in [0.15, 0.2) is 0 Å². The molecule has 3 heterocycles. The van der Waals surface area contributed by atoms with Crippen LogP contribution in [0.2, 0.25) is 0 Å². The number of aryl methyl sites for hydroxylation is 2. The Kier molecular flexibility index (Phi) is 2.68. The zero-order chi connectivity index (χ0) is 12.7. The molecule has 0 saturated carbocycles. The minimum absolute atomic E-state index is 0.217. The molecule has 0 aliphatic carbocycles. The lowest BCUT2D eigenvalue weighted by molar-refractivity contribution is -0.00712. The van der Waals surface area contributed by atoms with Crippen LogP contribution in [0.1, 0.15) is 17.4 Å². The monoisotopic (exact) mass is 249 g/mol. The quantitative estimate of drug-likeness (QED) is 0.878. The standard InChI is InChI=1S/C12H15N3O3/c1-7-3-10(8(2)17-7)12-14-13-11(18-12)6-15-4-9(16)5-15/h3,9,16H,4-6H2,1-2H3. The van der Waals surface area contributed by atoms with Crippen LogP contribution < -0.4 is 0 Å². The first kappa shape index (κ1) is 11.4. The fraction of sp³-hybridized carbons (Fsp3) is 0.500. The Balaban J connectivity index is 1.75. The van der Waals surface area contributed by atoms with E-state index in [0.717, 1.165) is 17.1 Å². The van der Waals surface area contributed by atoms with Gasteiger partial charge in [0.05, 0.1) is 18.2 Å². The number of aliphatic hydroxyl groups excluding tert-OH is 1. The molecule has 0 bridgehead atoms. The lowest BCUT2D eigenvalue weighted by atomic mass is 10.2. The minimum atomic E-state index is -0.217. The van der Waals surface area contributed by atoms with Crippen LogP contribution in [0.4, 0.5) is 0 Å². The number of hydrogen-bond donors (Lipinski definition) is 1. The zero-order valence-corrected chi connectivity index (χ0v) is 10.4. The third-order valence-electron chi connectivity index (χ3n) is 3.03. The Morgan fingerprint density at radius 1 is 1.33 bits per heavy atom. The van der Waals surface area contributed by atoms with Gasteiger partial charge in [-0.05, 0) is 19.9 Å². The Bertz CT molecular complexity index is 555. The van der Waals surface area contributed by atoms with Crippen LogP contribution in [0.15, 0.2) is 14.9 Å². The SMILES string of the molecule is Cc1cc(-c2nnc(CN3CC(O)C3)o2)c(C)o1. The maximum absolute atomic E-state index is 9.20. The second kappa shape index (κ2) is 4.22. The van der Waals surface area contributed by atoms with Gasteiger partial charge in [-0.2, -0.15) is 0 Å². The number of aliphatic hydroxyl groups is 1. The highest BCUT2D eigenvalue weighted by Crippen LogP contribution is 2.25. The third kappa shape index (κ3) is 2.04. The van der Waals surface area contributed by atoms with Gasteiger partial charge in [-0.15, -0.1) is 10.2 Å². The zero-order valence-electron chi connectivity index (χ0n) is 10.4. The summed E-state index contributed by atoms with van der Waals surface area (Å²) in [5.41, 5.74) is 0.842. The fourth-order valence-corrected chi connectivity index (χ4v) is 2.13. The molecule has 0 aromatic carbocycles. The molecule has 1 aliphatic rings. The topological polar surface area (TPSA) is 75.5 Å². The van der Waals surface area contributed by atoms with Gasteiger partial charge in [0, 0.05) is 13.1 Å². The van der Waals surface area contributed by atoms with E-state index < -0.39 is 0 Å². The average molecular weight is 249 g/mol. The van der Waals surface area contributed by atoms with Crippen molar-refractivity contribution >= 4 is 0 Å². The molecule has 1 fully saturated rings. The maximum atomic E-state index is 9.20. The van der Waals surface area contributed by atoms with Crippen molar-refractivity contribution < 1.29 is 13.9 Å². The highest BCUT2D eigenvalue weighted by atomic mass is 16.4. The number of rotatable bonds is 3. The molecule has 0 amide bonds. The predicted octanol–water partition coefficient (Wildman–Crippen LogP) is 1.12. The molecular weight excluding hydrogens is 234 g/mol. The summed E-state index contributed by atoms with van der Waals surface area (Å²) in [7, 11) is 0. The average Bonchev–Trinajstić information content (AvgIpc) is 2.83. The summed E-state index contributed by atoms with van der Waals surface area (Å²) >= 11 is 0. The minimum Gasteiger partial charge on any atom is -0.466 e. The summed E-state index contributed by atoms with van der Waals surface area (Å²) in [6.07, 6.45) is -0.217. The molecule has 1 saturated heterocycles. The Labute approximate surface area is 104 Å². The Hall–Kier alpha value is -1.66. The van der Waals surface area contributed by atoms with Gasteiger partial charge >= 0.3 is 0 Å². The molecule has 1 aliphatic heterocycles. The molecule has 18 heavy (non-hydrogen) atoms. The van der Waals surface area contributed by atoms with Gasteiger partial charge in [-0.25, -0.2) is 0 Å². The lowest BCUT2D eigenvalue weighted by Crippen LogP contribution is -2.49. The largest absolute Gasteiger partial charge is 0.466 e. The van der Waals surface area contributed by atoms with E-state index in [1.807, 2.05) is 19.9 Å². The normalized spacial score (nSPS) is 17.1. The van der Waals surface area contributed by atoms with E-state index in [1.54, 1.807) is 0 Å². The first-order chi connectivity index (χ1) is 8.61. The Morgan fingerprint density at radius 3 is 2.72 bits per heavy atom. The van der Waals surface area contributed by atoms with Gasteiger partial charge in [0.2, 0.25) is 5.89 Å². The number of hydrogen-bond acceptors (Lipinski definition) is 6. The second-order valence-corrected chi connectivity index (χ2v) is 4.68. The summed E-state index contributed by atoms with van der Waals surface area (Å²) in [6, 6.07) is 1.89. The molecule has 2 aromatic heterocycles. The first-order valence-electron chi connectivity index (χ1n) is 5.92. The highest BCUT2D eigenvalue weighted by Gasteiger charge is 2.26.